The first-order chi connectivity index (χ1) is 10.0. The van der Waals surface area contributed by atoms with Gasteiger partial charge in [-0.1, -0.05) is 0 Å². The molecule has 0 radical (unpaired) electrons. The van der Waals surface area contributed by atoms with Crippen LogP contribution in [0.3, 0.4) is 0 Å². The van der Waals surface area contributed by atoms with Gasteiger partial charge in [0.25, 0.3) is 0 Å². The van der Waals surface area contributed by atoms with Crippen LogP contribution in [0.2, 0.25) is 0 Å². The molecule has 0 spiro atoms. The lowest BCUT2D eigenvalue weighted by Crippen LogP contribution is -2.51. The standard InChI is InChI=1S/C15H27N3O3/c1-12(2)21-10-5-15(20)18-8-6-17(7-9-18)11-14(19)16-13-3-4-13/h12-13H,3-11H2,1-2H3,(H,16,19). The normalized spacial score (nSPS) is 19.9. The zero-order valence-corrected chi connectivity index (χ0v) is 13.1. The third kappa shape index (κ3) is 6.01. The van der Waals surface area contributed by atoms with E-state index in [1.54, 1.807) is 0 Å². The molecule has 2 amide bonds. The van der Waals surface area contributed by atoms with Gasteiger partial charge in [0.05, 0.1) is 25.7 Å². The lowest BCUT2D eigenvalue weighted by Gasteiger charge is -2.34. The van der Waals surface area contributed by atoms with Crippen LogP contribution in [0.15, 0.2) is 0 Å². The van der Waals surface area contributed by atoms with Crippen LogP contribution in [0.25, 0.3) is 0 Å². The van der Waals surface area contributed by atoms with E-state index in [0.29, 0.717) is 38.7 Å². The minimum atomic E-state index is 0.114. The van der Waals surface area contributed by atoms with Gasteiger partial charge in [-0.2, -0.15) is 0 Å². The summed E-state index contributed by atoms with van der Waals surface area (Å²) in [4.78, 5) is 27.7. The van der Waals surface area contributed by atoms with Gasteiger partial charge < -0.3 is 15.0 Å². The van der Waals surface area contributed by atoms with Gasteiger partial charge in [-0.25, -0.2) is 0 Å². The summed E-state index contributed by atoms with van der Waals surface area (Å²) < 4.78 is 5.41. The van der Waals surface area contributed by atoms with Crippen molar-refractivity contribution in [1.82, 2.24) is 15.1 Å². The molecule has 0 aromatic heterocycles. The second-order valence-corrected chi connectivity index (χ2v) is 6.17. The monoisotopic (exact) mass is 297 g/mol. The number of hydrogen-bond acceptors (Lipinski definition) is 4. The third-order valence-corrected chi connectivity index (χ3v) is 3.80. The molecule has 0 bridgehead atoms. The molecule has 1 aliphatic heterocycles. The summed E-state index contributed by atoms with van der Waals surface area (Å²) in [5.74, 6) is 0.264. The maximum atomic E-state index is 12.0. The lowest BCUT2D eigenvalue weighted by molar-refractivity contribution is -0.134. The van der Waals surface area contributed by atoms with Gasteiger partial charge in [-0.15, -0.1) is 0 Å². The fourth-order valence-electron chi connectivity index (χ4n) is 2.40. The molecule has 0 aromatic carbocycles. The van der Waals surface area contributed by atoms with Crippen LogP contribution in [-0.2, 0) is 14.3 Å². The van der Waals surface area contributed by atoms with Gasteiger partial charge in [-0.05, 0) is 26.7 Å². The lowest BCUT2D eigenvalue weighted by atomic mass is 10.2. The number of nitrogens with one attached hydrogen (secondary N) is 1. The second kappa shape index (κ2) is 7.75. The molecule has 1 aliphatic carbocycles. The summed E-state index contributed by atoms with van der Waals surface area (Å²) in [6, 6.07) is 0.418. The van der Waals surface area contributed by atoms with E-state index in [-0.39, 0.29) is 17.9 Å². The summed E-state index contributed by atoms with van der Waals surface area (Å²) in [5, 5.41) is 3.00. The largest absolute Gasteiger partial charge is 0.378 e. The molecule has 2 rings (SSSR count). The molecule has 1 N–H and O–H groups in total. The van der Waals surface area contributed by atoms with Crippen molar-refractivity contribution in [2.24, 2.45) is 0 Å². The summed E-state index contributed by atoms with van der Waals surface area (Å²) in [5.41, 5.74) is 0. The van der Waals surface area contributed by atoms with E-state index in [1.807, 2.05) is 18.7 Å². The van der Waals surface area contributed by atoms with Gasteiger partial charge in [0, 0.05) is 32.2 Å². The van der Waals surface area contributed by atoms with Crippen LogP contribution in [0.5, 0.6) is 0 Å². The summed E-state index contributed by atoms with van der Waals surface area (Å²) in [6.45, 7) is 7.83. The van der Waals surface area contributed by atoms with Crippen LogP contribution in [-0.4, -0.2) is 73.1 Å². The van der Waals surface area contributed by atoms with E-state index in [0.717, 1.165) is 25.9 Å². The quantitative estimate of drug-likeness (QED) is 0.730. The van der Waals surface area contributed by atoms with E-state index in [9.17, 15) is 9.59 Å². The minimum Gasteiger partial charge on any atom is -0.378 e. The van der Waals surface area contributed by atoms with Crippen molar-refractivity contribution in [2.75, 3.05) is 39.3 Å². The van der Waals surface area contributed by atoms with E-state index >= 15 is 0 Å². The van der Waals surface area contributed by atoms with Gasteiger partial charge in [0.15, 0.2) is 0 Å². The number of carbonyl (C=O) groups excluding carboxylic acids is 2. The number of rotatable bonds is 7. The highest BCUT2D eigenvalue weighted by molar-refractivity contribution is 5.79. The van der Waals surface area contributed by atoms with E-state index in [2.05, 4.69) is 10.2 Å². The highest BCUT2D eigenvalue weighted by Crippen LogP contribution is 2.18. The molecule has 1 saturated carbocycles. The summed E-state index contributed by atoms with van der Waals surface area (Å²) in [7, 11) is 0. The number of carbonyl (C=O) groups is 2. The predicted molar refractivity (Wildman–Crippen MR) is 79.9 cm³/mol. The summed E-state index contributed by atoms with van der Waals surface area (Å²) >= 11 is 0. The molecule has 0 unspecified atom stereocenters. The first kappa shape index (κ1) is 16.2. The maximum Gasteiger partial charge on any atom is 0.234 e. The molecule has 2 fully saturated rings. The Labute approximate surface area is 126 Å². The van der Waals surface area contributed by atoms with Crippen LogP contribution in [0.1, 0.15) is 33.1 Å². The molecular formula is C15H27N3O3. The first-order valence-electron chi connectivity index (χ1n) is 7.95. The zero-order chi connectivity index (χ0) is 15.2. The van der Waals surface area contributed by atoms with E-state index in [4.69, 9.17) is 4.74 Å². The van der Waals surface area contributed by atoms with Crippen molar-refractivity contribution in [3.05, 3.63) is 0 Å². The number of amides is 2. The van der Waals surface area contributed by atoms with Crippen LogP contribution < -0.4 is 5.32 Å². The average Bonchev–Trinajstić information content (AvgIpc) is 3.22. The molecule has 0 atom stereocenters. The number of hydrogen-bond donors (Lipinski definition) is 1. The van der Waals surface area contributed by atoms with Gasteiger partial charge in [-0.3, -0.25) is 14.5 Å². The smallest absolute Gasteiger partial charge is 0.234 e. The Morgan fingerprint density at radius 2 is 1.86 bits per heavy atom. The Balaban J connectivity index is 1.60. The van der Waals surface area contributed by atoms with Crippen molar-refractivity contribution in [1.29, 1.82) is 0 Å². The Hall–Kier alpha value is -1.14. The van der Waals surface area contributed by atoms with Crippen molar-refractivity contribution in [2.45, 2.75) is 45.3 Å². The Kier molecular flexibility index (Phi) is 5.99. The Bertz CT molecular complexity index is 361. The SMILES string of the molecule is CC(C)OCCC(=O)N1CCN(CC(=O)NC2CC2)CC1. The van der Waals surface area contributed by atoms with Gasteiger partial charge >= 0.3 is 0 Å². The third-order valence-electron chi connectivity index (χ3n) is 3.80. The average molecular weight is 297 g/mol. The zero-order valence-electron chi connectivity index (χ0n) is 13.1. The van der Waals surface area contributed by atoms with E-state index in [1.165, 1.54) is 0 Å². The van der Waals surface area contributed by atoms with E-state index < -0.39 is 0 Å². The second-order valence-electron chi connectivity index (χ2n) is 6.17. The van der Waals surface area contributed by atoms with Crippen molar-refractivity contribution >= 4 is 11.8 Å². The Morgan fingerprint density at radius 3 is 2.43 bits per heavy atom. The topological polar surface area (TPSA) is 61.9 Å². The maximum absolute atomic E-state index is 12.0. The van der Waals surface area contributed by atoms with Gasteiger partial charge in [0.1, 0.15) is 0 Å². The molecule has 120 valence electrons. The van der Waals surface area contributed by atoms with Crippen LogP contribution in [0, 0.1) is 0 Å². The molecule has 1 heterocycles. The van der Waals surface area contributed by atoms with Crippen molar-refractivity contribution < 1.29 is 14.3 Å². The molecule has 6 nitrogen and oxygen atoms in total. The highest BCUT2D eigenvalue weighted by atomic mass is 16.5. The Morgan fingerprint density at radius 1 is 1.19 bits per heavy atom. The fourth-order valence-corrected chi connectivity index (χ4v) is 2.40. The van der Waals surface area contributed by atoms with Crippen molar-refractivity contribution in [3.63, 3.8) is 0 Å². The molecule has 1 saturated heterocycles. The van der Waals surface area contributed by atoms with Crippen LogP contribution in [0.4, 0.5) is 0 Å². The highest BCUT2D eigenvalue weighted by Gasteiger charge is 2.26. The fraction of sp³-hybridized carbons (Fsp3) is 0.867. The molecule has 0 aromatic rings. The number of ether oxygens (including phenoxy) is 1. The molecular weight excluding hydrogens is 270 g/mol. The summed E-state index contributed by atoms with van der Waals surface area (Å²) in [6.07, 6.45) is 2.85. The van der Waals surface area contributed by atoms with Crippen molar-refractivity contribution in [3.8, 4) is 0 Å². The predicted octanol–water partition coefficient (Wildman–Crippen LogP) is 0.224. The number of piperazine rings is 1. The first-order valence-corrected chi connectivity index (χ1v) is 7.95. The number of nitrogens with zero attached hydrogens (tertiary/aromatic N) is 2. The molecule has 2 aliphatic rings. The van der Waals surface area contributed by atoms with Gasteiger partial charge in [0.2, 0.25) is 11.8 Å². The molecule has 6 heteroatoms. The minimum absolute atomic E-state index is 0.114. The molecule has 21 heavy (non-hydrogen) atoms. The van der Waals surface area contributed by atoms with Crippen LogP contribution >= 0.6 is 0 Å².